The first kappa shape index (κ1) is 24.8. The summed E-state index contributed by atoms with van der Waals surface area (Å²) in [5.41, 5.74) is -5.92. The summed E-state index contributed by atoms with van der Waals surface area (Å²) in [6.07, 6.45) is -4.35. The third-order valence-electron chi connectivity index (χ3n) is 4.10. The molecule has 0 fully saturated rings. The molecule has 1 heterocycles. The molecule has 0 aliphatic carbocycles. The maximum atomic E-state index is 14.6. The summed E-state index contributed by atoms with van der Waals surface area (Å²) in [6.45, 7) is 0.550. The predicted octanol–water partition coefficient (Wildman–Crippen LogP) is 0.395. The van der Waals surface area contributed by atoms with Gasteiger partial charge in [0.1, 0.15) is 11.5 Å². The summed E-state index contributed by atoms with van der Waals surface area (Å²) < 4.78 is 83.1. The molecule has 166 valence electrons. The molecule has 0 unspecified atom stereocenters. The van der Waals surface area contributed by atoms with Crippen LogP contribution in [0.4, 0.5) is 23.2 Å². The fraction of sp³-hybridized carbons (Fsp3) is 0.312. The molecule has 0 atom stereocenters. The third-order valence-corrected chi connectivity index (χ3v) is 5.33. The van der Waals surface area contributed by atoms with Crippen LogP contribution in [0.1, 0.15) is 11.3 Å². The van der Waals surface area contributed by atoms with Crippen LogP contribution in [0.25, 0.3) is 5.69 Å². The molecule has 31 heavy (non-hydrogen) atoms. The lowest BCUT2D eigenvalue weighted by atomic mass is 10.1. The molecule has 0 saturated heterocycles. The molecule has 0 aliphatic heterocycles. The quantitative estimate of drug-likeness (QED) is 0.454. The van der Waals surface area contributed by atoms with E-state index < -0.39 is 62.8 Å². The molecule has 1 aromatic heterocycles. The van der Waals surface area contributed by atoms with Crippen LogP contribution in [0, 0.1) is 12.7 Å². The van der Waals surface area contributed by atoms with Gasteiger partial charge < -0.3 is 3.79 Å². The Balaban J connectivity index is 2.89. The summed E-state index contributed by atoms with van der Waals surface area (Å²) in [5.74, 6) is -2.28. The van der Waals surface area contributed by atoms with Gasteiger partial charge in [-0.05, 0) is 24.6 Å². The summed E-state index contributed by atoms with van der Waals surface area (Å²) >= 11 is 1.74. The Labute approximate surface area is 181 Å². The zero-order valence-electron chi connectivity index (χ0n) is 16.2. The minimum absolute atomic E-state index is 0.0689. The van der Waals surface area contributed by atoms with Crippen LogP contribution in [-0.4, -0.2) is 52.9 Å². The lowest BCUT2D eigenvalue weighted by molar-refractivity contribution is -0.144. The zero-order chi connectivity index (χ0) is 23.9. The van der Waals surface area contributed by atoms with Crippen molar-refractivity contribution in [2.45, 2.75) is 13.1 Å². The summed E-state index contributed by atoms with van der Waals surface area (Å²) in [4.78, 5) is 37.0. The van der Waals surface area contributed by atoms with E-state index >= 15 is 0 Å². The normalized spacial score (nSPS) is 12.1. The molecule has 2 radical (unpaired) electrons. The first-order valence-corrected chi connectivity index (χ1v) is 10.5. The summed E-state index contributed by atoms with van der Waals surface area (Å²) in [5, 5.41) is 0. The molecule has 0 aliphatic rings. The number of benzene rings is 1. The lowest BCUT2D eigenvalue weighted by Gasteiger charge is -2.23. The van der Waals surface area contributed by atoms with Gasteiger partial charge in [0.05, 0.1) is 24.2 Å². The molecule has 2 aromatic rings. The number of carbonyl (C=O) groups excluding carboxylic acids is 1. The molecule has 15 heteroatoms. The average molecular weight is 479 g/mol. The van der Waals surface area contributed by atoms with Gasteiger partial charge >= 0.3 is 28.5 Å². The van der Waals surface area contributed by atoms with Gasteiger partial charge in [-0.2, -0.15) is 13.2 Å². The van der Waals surface area contributed by atoms with Crippen LogP contribution in [0.3, 0.4) is 0 Å². The highest BCUT2D eigenvalue weighted by Gasteiger charge is 2.35. The Morgan fingerprint density at radius 2 is 1.81 bits per heavy atom. The molecule has 0 spiro atoms. The highest BCUT2D eigenvalue weighted by molar-refractivity contribution is 7.92. The topological polar surface area (TPSA) is 108 Å². The molecule has 0 saturated carbocycles. The van der Waals surface area contributed by atoms with Gasteiger partial charge in [-0.15, -0.1) is 0 Å². The number of aromatic nitrogens is 2. The first-order chi connectivity index (χ1) is 14.1. The molecule has 1 aromatic carbocycles. The number of anilines is 1. The van der Waals surface area contributed by atoms with Crippen molar-refractivity contribution in [3.05, 3.63) is 56.1 Å². The number of nitrogens with zero attached hydrogens (tertiary/aromatic N) is 3. The SMILES string of the molecule is Cc1cc(F)c(-n2c(=O)cc(C(F)(F)F)n(C)c2=O)cc1N(C(=O)C[O][Al])S(C)(=O)=O. The van der Waals surface area contributed by atoms with Gasteiger partial charge in [0.2, 0.25) is 10.0 Å². The van der Waals surface area contributed by atoms with Gasteiger partial charge in [0, 0.05) is 13.1 Å². The lowest BCUT2D eigenvalue weighted by Crippen LogP contribution is -2.42. The minimum atomic E-state index is -5.03. The van der Waals surface area contributed by atoms with Crippen LogP contribution in [0.15, 0.2) is 27.8 Å². The Morgan fingerprint density at radius 3 is 2.29 bits per heavy atom. The Kier molecular flexibility index (Phi) is 6.86. The van der Waals surface area contributed by atoms with Gasteiger partial charge in [-0.25, -0.2) is 26.5 Å². The van der Waals surface area contributed by atoms with E-state index in [1.807, 2.05) is 0 Å². The van der Waals surface area contributed by atoms with Crippen LogP contribution in [0.5, 0.6) is 0 Å². The Morgan fingerprint density at radius 1 is 1.23 bits per heavy atom. The number of hydrogen-bond acceptors (Lipinski definition) is 6. The number of alkyl halides is 3. The fourth-order valence-corrected chi connectivity index (χ4v) is 3.91. The van der Waals surface area contributed by atoms with Crippen molar-refractivity contribution in [2.24, 2.45) is 7.05 Å². The number of carbonyl (C=O) groups is 1. The van der Waals surface area contributed by atoms with E-state index in [2.05, 4.69) is 3.79 Å². The summed E-state index contributed by atoms with van der Waals surface area (Å²) in [6, 6.07) is 1.55. The zero-order valence-corrected chi connectivity index (χ0v) is 18.2. The van der Waals surface area contributed by atoms with Gasteiger partial charge in [0.25, 0.3) is 11.5 Å². The third kappa shape index (κ3) is 4.90. The second kappa shape index (κ2) is 8.58. The molecular formula is C16H14AlF4N3O6S. The highest BCUT2D eigenvalue weighted by atomic mass is 32.2. The van der Waals surface area contributed by atoms with Gasteiger partial charge in [-0.3, -0.25) is 14.2 Å². The van der Waals surface area contributed by atoms with E-state index in [-0.39, 0.29) is 25.1 Å². The molecule has 1 amide bonds. The van der Waals surface area contributed by atoms with E-state index in [1.54, 1.807) is 16.6 Å². The number of amides is 1. The van der Waals surface area contributed by atoms with Crippen LogP contribution < -0.4 is 15.6 Å². The van der Waals surface area contributed by atoms with Crippen LogP contribution in [0.2, 0.25) is 0 Å². The van der Waals surface area contributed by atoms with Crippen LogP contribution in [-0.2, 0) is 31.8 Å². The minimum Gasteiger partial charge on any atom is -0.509 e. The average Bonchev–Trinajstić information content (AvgIpc) is 2.59. The second-order valence-electron chi connectivity index (χ2n) is 6.36. The van der Waals surface area contributed by atoms with E-state index in [0.29, 0.717) is 12.3 Å². The molecule has 0 bridgehead atoms. The van der Waals surface area contributed by atoms with Crippen molar-refractivity contribution < 1.29 is 34.6 Å². The number of rotatable bonds is 5. The van der Waals surface area contributed by atoms with E-state index in [4.69, 9.17) is 0 Å². The van der Waals surface area contributed by atoms with Gasteiger partial charge in [0.15, 0.2) is 0 Å². The van der Waals surface area contributed by atoms with E-state index in [1.165, 1.54) is 6.92 Å². The first-order valence-electron chi connectivity index (χ1n) is 8.16. The number of aryl methyl sites for hydroxylation is 1. The van der Waals surface area contributed by atoms with Crippen molar-refractivity contribution in [2.75, 3.05) is 17.2 Å². The smallest absolute Gasteiger partial charge is 0.431 e. The maximum Gasteiger partial charge on any atom is 0.431 e. The standard InChI is InChI=1S/C16H14F4N3O6S.Al/c1-8-4-9(17)11(5-10(8)23(14(26)7-24)30(3,28)29)22-13(25)6-12(16(18,19)20)21(2)15(22)27;/h4-6H,7H2,1-3H3;/q-1;+1. The van der Waals surface area contributed by atoms with Crippen molar-refractivity contribution in [3.8, 4) is 5.69 Å². The van der Waals surface area contributed by atoms with E-state index in [9.17, 15) is 40.4 Å². The summed E-state index contributed by atoms with van der Waals surface area (Å²) in [7, 11) is -3.54. The maximum absolute atomic E-state index is 14.6. The van der Waals surface area contributed by atoms with Crippen LogP contribution >= 0.6 is 0 Å². The Hall–Kier alpha value is -2.47. The Bertz CT molecular complexity index is 1270. The van der Waals surface area contributed by atoms with Crippen molar-refractivity contribution >= 4 is 38.2 Å². The molecule has 0 N–H and O–H groups in total. The molecule has 9 nitrogen and oxygen atoms in total. The number of halogens is 4. The van der Waals surface area contributed by atoms with E-state index in [0.717, 1.165) is 13.1 Å². The number of sulfonamides is 1. The largest absolute Gasteiger partial charge is 0.509 e. The molecule has 2 rings (SSSR count). The molecular weight excluding hydrogens is 465 g/mol. The monoisotopic (exact) mass is 479 g/mol. The highest BCUT2D eigenvalue weighted by Crippen LogP contribution is 2.29. The van der Waals surface area contributed by atoms with Gasteiger partial charge in [-0.1, -0.05) is 0 Å². The van der Waals surface area contributed by atoms with Crippen molar-refractivity contribution in [3.63, 3.8) is 0 Å². The number of hydrogen-bond donors (Lipinski definition) is 0. The predicted molar refractivity (Wildman–Crippen MR) is 101 cm³/mol. The van der Waals surface area contributed by atoms with Crippen molar-refractivity contribution in [1.29, 1.82) is 0 Å². The van der Waals surface area contributed by atoms with Crippen molar-refractivity contribution in [1.82, 2.24) is 9.13 Å². The fourth-order valence-electron chi connectivity index (χ4n) is 2.79. The second-order valence-corrected chi connectivity index (χ2v) is 8.53.